The number of aryl methyl sites for hydroxylation is 1. The van der Waals surface area contributed by atoms with Gasteiger partial charge in [-0.15, -0.1) is 0 Å². The van der Waals surface area contributed by atoms with E-state index in [9.17, 15) is 9.59 Å². The molecule has 0 aliphatic carbocycles. The Morgan fingerprint density at radius 3 is 2.65 bits per heavy atom. The Bertz CT molecular complexity index is 494. The summed E-state index contributed by atoms with van der Waals surface area (Å²) in [7, 11) is 0. The highest BCUT2D eigenvalue weighted by Crippen LogP contribution is 2.21. The summed E-state index contributed by atoms with van der Waals surface area (Å²) in [6, 6.07) is 7.57. The molecule has 0 atom stereocenters. The highest BCUT2D eigenvalue weighted by Gasteiger charge is 2.24. The Kier molecular flexibility index (Phi) is 4.61. The number of rotatable bonds is 3. The number of hydrogen-bond acceptors (Lipinski definition) is 2. The number of hydrogen-bond donors (Lipinski definition) is 2. The van der Waals surface area contributed by atoms with Crippen LogP contribution in [-0.4, -0.2) is 35.1 Å². The monoisotopic (exact) mass is 276 g/mol. The van der Waals surface area contributed by atoms with Gasteiger partial charge in [0.05, 0.1) is 0 Å². The molecule has 2 amide bonds. The van der Waals surface area contributed by atoms with Crippen LogP contribution in [-0.2, 0) is 4.79 Å². The van der Waals surface area contributed by atoms with Gasteiger partial charge in [0.1, 0.15) is 0 Å². The van der Waals surface area contributed by atoms with Gasteiger partial charge in [0, 0.05) is 25.2 Å². The molecule has 0 unspecified atom stereocenters. The number of benzene rings is 1. The molecule has 0 aromatic heterocycles. The van der Waals surface area contributed by atoms with E-state index in [0.717, 1.165) is 24.1 Å². The van der Waals surface area contributed by atoms with E-state index < -0.39 is 5.97 Å². The molecule has 1 heterocycles. The van der Waals surface area contributed by atoms with Crippen LogP contribution in [0.1, 0.15) is 24.8 Å². The number of nitrogens with zero attached hydrogens (tertiary/aromatic N) is 1. The lowest BCUT2D eigenvalue weighted by Crippen LogP contribution is -2.41. The summed E-state index contributed by atoms with van der Waals surface area (Å²) in [5, 5.41) is 11.6. The molecular weight excluding hydrogens is 256 g/mol. The van der Waals surface area contributed by atoms with Crippen molar-refractivity contribution in [2.45, 2.75) is 26.2 Å². The summed E-state index contributed by atoms with van der Waals surface area (Å²) in [6.45, 7) is 3.22. The maximum Gasteiger partial charge on any atom is 0.321 e. The van der Waals surface area contributed by atoms with Gasteiger partial charge in [-0.3, -0.25) is 4.79 Å². The topological polar surface area (TPSA) is 69.6 Å². The van der Waals surface area contributed by atoms with E-state index in [1.807, 2.05) is 31.2 Å². The van der Waals surface area contributed by atoms with Gasteiger partial charge in [-0.1, -0.05) is 12.1 Å². The Morgan fingerprint density at radius 2 is 2.05 bits per heavy atom. The highest BCUT2D eigenvalue weighted by atomic mass is 16.4. The van der Waals surface area contributed by atoms with Gasteiger partial charge in [-0.2, -0.15) is 0 Å². The number of urea groups is 1. The van der Waals surface area contributed by atoms with Crippen LogP contribution in [0.25, 0.3) is 0 Å². The molecule has 0 radical (unpaired) electrons. The number of likely N-dealkylation sites (tertiary alicyclic amines) is 1. The molecular formula is C15H20N2O3. The summed E-state index contributed by atoms with van der Waals surface area (Å²) < 4.78 is 0. The van der Waals surface area contributed by atoms with Crippen molar-refractivity contribution in [1.29, 1.82) is 0 Å². The average molecular weight is 276 g/mol. The second kappa shape index (κ2) is 6.41. The fraction of sp³-hybridized carbons (Fsp3) is 0.467. The van der Waals surface area contributed by atoms with Crippen LogP contribution in [0, 0.1) is 12.8 Å². The minimum Gasteiger partial charge on any atom is -0.481 e. The fourth-order valence-corrected chi connectivity index (χ4v) is 2.51. The first-order chi connectivity index (χ1) is 9.54. The van der Waals surface area contributed by atoms with E-state index >= 15 is 0 Å². The van der Waals surface area contributed by atoms with Crippen LogP contribution >= 0.6 is 0 Å². The van der Waals surface area contributed by atoms with E-state index in [-0.39, 0.29) is 18.4 Å². The Labute approximate surface area is 118 Å². The van der Waals surface area contributed by atoms with Gasteiger partial charge in [-0.05, 0) is 43.4 Å². The fourth-order valence-electron chi connectivity index (χ4n) is 2.51. The third-order valence-corrected chi connectivity index (χ3v) is 3.63. The van der Waals surface area contributed by atoms with E-state index in [4.69, 9.17) is 5.11 Å². The van der Waals surface area contributed by atoms with E-state index in [0.29, 0.717) is 13.1 Å². The van der Waals surface area contributed by atoms with Crippen molar-refractivity contribution in [3.05, 3.63) is 29.8 Å². The summed E-state index contributed by atoms with van der Waals surface area (Å²) in [5.74, 6) is -0.566. The Morgan fingerprint density at radius 1 is 1.35 bits per heavy atom. The molecule has 5 nitrogen and oxygen atoms in total. The van der Waals surface area contributed by atoms with Crippen molar-refractivity contribution >= 4 is 17.7 Å². The second-order valence-electron chi connectivity index (χ2n) is 5.33. The van der Waals surface area contributed by atoms with Gasteiger partial charge in [0.15, 0.2) is 0 Å². The predicted molar refractivity (Wildman–Crippen MR) is 76.7 cm³/mol. The summed E-state index contributed by atoms with van der Waals surface area (Å²) >= 11 is 0. The lowest BCUT2D eigenvalue weighted by molar-refractivity contribution is -0.138. The average Bonchev–Trinajstić information content (AvgIpc) is 2.38. The van der Waals surface area contributed by atoms with Crippen LogP contribution < -0.4 is 5.32 Å². The van der Waals surface area contributed by atoms with Crippen molar-refractivity contribution in [2.24, 2.45) is 5.92 Å². The van der Waals surface area contributed by atoms with Crippen molar-refractivity contribution in [3.63, 3.8) is 0 Å². The van der Waals surface area contributed by atoms with Crippen LogP contribution in [0.2, 0.25) is 0 Å². The lowest BCUT2D eigenvalue weighted by Gasteiger charge is -2.31. The first-order valence-corrected chi connectivity index (χ1v) is 6.89. The number of carbonyl (C=O) groups excluding carboxylic acids is 1. The summed E-state index contributed by atoms with van der Waals surface area (Å²) in [4.78, 5) is 24.5. The predicted octanol–water partition coefficient (Wildman–Crippen LogP) is 2.71. The van der Waals surface area contributed by atoms with Gasteiger partial charge in [-0.25, -0.2) is 4.79 Å². The molecule has 1 aromatic carbocycles. The first-order valence-electron chi connectivity index (χ1n) is 6.89. The molecule has 1 aromatic rings. The van der Waals surface area contributed by atoms with Crippen LogP contribution in [0.3, 0.4) is 0 Å². The summed E-state index contributed by atoms with van der Waals surface area (Å²) in [6.07, 6.45) is 1.72. The smallest absolute Gasteiger partial charge is 0.321 e. The third kappa shape index (κ3) is 3.98. The van der Waals surface area contributed by atoms with E-state index in [2.05, 4.69) is 5.32 Å². The van der Waals surface area contributed by atoms with Gasteiger partial charge >= 0.3 is 12.0 Å². The van der Waals surface area contributed by atoms with Gasteiger partial charge in [0.2, 0.25) is 0 Å². The quantitative estimate of drug-likeness (QED) is 0.891. The summed E-state index contributed by atoms with van der Waals surface area (Å²) in [5.41, 5.74) is 1.89. The van der Waals surface area contributed by atoms with Gasteiger partial charge < -0.3 is 15.3 Å². The number of carbonyl (C=O) groups is 2. The zero-order valence-electron chi connectivity index (χ0n) is 11.6. The SMILES string of the molecule is Cc1cccc(NC(=O)N2CCC(CC(=O)O)CC2)c1. The van der Waals surface area contributed by atoms with E-state index in [1.165, 1.54) is 0 Å². The molecule has 1 saturated heterocycles. The third-order valence-electron chi connectivity index (χ3n) is 3.63. The largest absolute Gasteiger partial charge is 0.481 e. The number of piperidine rings is 1. The molecule has 0 bridgehead atoms. The highest BCUT2D eigenvalue weighted by molar-refractivity contribution is 5.89. The molecule has 108 valence electrons. The molecule has 1 fully saturated rings. The Balaban J connectivity index is 1.84. The maximum absolute atomic E-state index is 12.1. The number of carboxylic acids is 1. The van der Waals surface area contributed by atoms with Gasteiger partial charge in [0.25, 0.3) is 0 Å². The van der Waals surface area contributed by atoms with Crippen LogP contribution in [0.15, 0.2) is 24.3 Å². The molecule has 5 heteroatoms. The molecule has 2 N–H and O–H groups in total. The molecule has 0 spiro atoms. The normalized spacial score (nSPS) is 15.9. The van der Waals surface area contributed by atoms with Crippen LogP contribution in [0.5, 0.6) is 0 Å². The maximum atomic E-state index is 12.1. The second-order valence-corrected chi connectivity index (χ2v) is 5.33. The molecule has 1 aliphatic heterocycles. The lowest BCUT2D eigenvalue weighted by atomic mass is 9.94. The zero-order valence-corrected chi connectivity index (χ0v) is 11.6. The number of aliphatic carboxylic acids is 1. The molecule has 1 aliphatic rings. The van der Waals surface area contributed by atoms with Crippen LogP contribution in [0.4, 0.5) is 10.5 Å². The van der Waals surface area contributed by atoms with E-state index in [1.54, 1.807) is 4.90 Å². The standard InChI is InChI=1S/C15H20N2O3/c1-11-3-2-4-13(9-11)16-15(20)17-7-5-12(6-8-17)10-14(18)19/h2-4,9,12H,5-8,10H2,1H3,(H,16,20)(H,18,19). The minimum absolute atomic E-state index is 0.107. The molecule has 20 heavy (non-hydrogen) atoms. The van der Waals surface area contributed by atoms with Crippen molar-refractivity contribution < 1.29 is 14.7 Å². The van der Waals surface area contributed by atoms with Crippen molar-refractivity contribution in [1.82, 2.24) is 4.90 Å². The molecule has 2 rings (SSSR count). The number of nitrogens with one attached hydrogen (secondary N) is 1. The zero-order chi connectivity index (χ0) is 14.5. The Hall–Kier alpha value is -2.04. The van der Waals surface area contributed by atoms with Crippen molar-refractivity contribution in [2.75, 3.05) is 18.4 Å². The number of anilines is 1. The number of carboxylic acid groups (broad SMARTS) is 1. The minimum atomic E-state index is -0.757. The molecule has 0 saturated carbocycles. The van der Waals surface area contributed by atoms with Crippen molar-refractivity contribution in [3.8, 4) is 0 Å². The number of amides is 2. The first kappa shape index (κ1) is 14.4.